The van der Waals surface area contributed by atoms with Crippen LogP contribution in [0.3, 0.4) is 0 Å². The number of nitrogens with zero attached hydrogens (tertiary/aromatic N) is 2. The minimum absolute atomic E-state index is 0.0308. The molecule has 1 aromatic rings. The second kappa shape index (κ2) is 15.6. The van der Waals surface area contributed by atoms with E-state index in [1.165, 1.54) is 5.57 Å². The average molecular weight is 810 g/mol. The van der Waals surface area contributed by atoms with Crippen LogP contribution < -0.4 is 0 Å². The zero-order valence-electron chi connectivity index (χ0n) is 37.0. The lowest BCUT2D eigenvalue weighted by molar-refractivity contribution is -0.235. The number of carboxylic acid groups (broad SMARTS) is 1. The number of ketones is 1. The van der Waals surface area contributed by atoms with E-state index in [9.17, 15) is 24.6 Å². The smallest absolute Gasteiger partial charge is 0.309 e. The number of carbonyl (C=O) groups excluding carboxylic acids is 2. The Hall–Kier alpha value is -2.26. The molecule has 0 spiro atoms. The number of hydrogen-bond donors (Lipinski definition) is 2. The molecule has 9 heteroatoms. The fraction of sp³-hybridized carbons (Fsp3) is 0.771. The van der Waals surface area contributed by atoms with E-state index in [4.69, 9.17) is 16.3 Å². The van der Waals surface area contributed by atoms with E-state index in [2.05, 4.69) is 84.5 Å². The number of aliphatic hydroxyl groups is 1. The summed E-state index contributed by atoms with van der Waals surface area (Å²) >= 11 is 6.24. The quantitative estimate of drug-likeness (QED) is 0.190. The third-order valence-electron chi connectivity index (χ3n) is 17.1. The van der Waals surface area contributed by atoms with Gasteiger partial charge in [-0.05, 0) is 142 Å². The number of esters is 1. The van der Waals surface area contributed by atoms with Crippen LogP contribution in [0.25, 0.3) is 0 Å². The second-order valence-electron chi connectivity index (χ2n) is 21.7. The van der Waals surface area contributed by atoms with Crippen LogP contribution in [0.15, 0.2) is 35.4 Å². The summed E-state index contributed by atoms with van der Waals surface area (Å²) in [6.45, 7) is 22.6. The van der Waals surface area contributed by atoms with Crippen molar-refractivity contribution < 1.29 is 29.3 Å². The highest BCUT2D eigenvalue weighted by molar-refractivity contribution is 6.30. The zero-order chi connectivity index (χ0) is 42.1. The molecule has 8 nitrogen and oxygen atoms in total. The average Bonchev–Trinajstić information content (AvgIpc) is 3.42. The van der Waals surface area contributed by atoms with Crippen LogP contribution >= 0.6 is 11.6 Å². The second-order valence-corrected chi connectivity index (χ2v) is 22.2. The highest BCUT2D eigenvalue weighted by Crippen LogP contribution is 2.77. The standard InChI is InChI=1S/C48H73ClN2O6/c1-30(2)40-34(52)26-48(37(53)29-51(25-24-50(10)11)28-31-12-14-32(49)15-13-31)23-22-46(8)33(41(40)48)16-17-36-45(7)20-19-38(57-39(54)27-43(3,4)42(55)56)44(5,6)35(45)18-21-47(36,46)9/h12-15,30,33,35-38,53H,16-29H2,1-11H3,(H,55,56)/t33-,35?,36-,37+,38+,45+,46-,47-,48+/m1/s1. The Balaban J connectivity index is 1.29. The molecule has 0 radical (unpaired) electrons. The van der Waals surface area contributed by atoms with Crippen LogP contribution in [0.2, 0.25) is 5.02 Å². The van der Waals surface area contributed by atoms with Crippen molar-refractivity contribution in [1.82, 2.24) is 9.80 Å². The van der Waals surface area contributed by atoms with Gasteiger partial charge in [0.2, 0.25) is 0 Å². The van der Waals surface area contributed by atoms with E-state index in [0.717, 1.165) is 75.6 Å². The van der Waals surface area contributed by atoms with Gasteiger partial charge in [0.1, 0.15) is 6.10 Å². The molecule has 1 aromatic carbocycles. The number of ether oxygens (including phenoxy) is 1. The molecule has 0 amide bonds. The number of benzene rings is 1. The Morgan fingerprint density at radius 2 is 1.58 bits per heavy atom. The van der Waals surface area contributed by atoms with E-state index in [1.54, 1.807) is 13.8 Å². The number of aliphatic hydroxyl groups excluding tert-OH is 1. The van der Waals surface area contributed by atoms with E-state index in [-0.39, 0.29) is 51.8 Å². The van der Waals surface area contributed by atoms with Crippen molar-refractivity contribution in [2.45, 2.75) is 145 Å². The SMILES string of the molecule is CC(C)C1=C2[C@H]3CC[C@@H]4[C@@]5(C)CC[C@H](OC(=O)CC(C)(C)C(=O)O)C(C)(C)C5CC[C@@]4(C)[C@]3(C)CC[C@@]2([C@@H](O)CN(CCN(C)C)Cc2ccc(Cl)cc2)CC1=O. The van der Waals surface area contributed by atoms with Gasteiger partial charge in [0.15, 0.2) is 5.78 Å². The molecule has 0 bridgehead atoms. The van der Waals surface area contributed by atoms with Gasteiger partial charge in [0.05, 0.1) is 17.9 Å². The van der Waals surface area contributed by atoms with Gasteiger partial charge in [-0.1, -0.05) is 77.8 Å². The van der Waals surface area contributed by atoms with Crippen LogP contribution in [0, 0.1) is 56.2 Å². The number of carboxylic acids is 1. The van der Waals surface area contributed by atoms with Gasteiger partial charge < -0.3 is 19.8 Å². The van der Waals surface area contributed by atoms with Crippen molar-refractivity contribution in [3.05, 3.63) is 46.0 Å². The van der Waals surface area contributed by atoms with Crippen molar-refractivity contribution in [2.75, 3.05) is 33.7 Å². The molecule has 57 heavy (non-hydrogen) atoms. The molecule has 0 aromatic heterocycles. The number of fused-ring (bicyclic) bond motifs is 7. The summed E-state index contributed by atoms with van der Waals surface area (Å²) in [5.74, 6) is 0.00261. The van der Waals surface area contributed by atoms with Crippen LogP contribution in [0.1, 0.15) is 132 Å². The summed E-state index contributed by atoms with van der Waals surface area (Å²) in [4.78, 5) is 43.8. The maximum atomic E-state index is 14.3. The van der Waals surface area contributed by atoms with Gasteiger partial charge in [-0.3, -0.25) is 19.3 Å². The third-order valence-corrected chi connectivity index (χ3v) is 17.4. The summed E-state index contributed by atoms with van der Waals surface area (Å²) in [5, 5.41) is 23.0. The Kier molecular flexibility index (Phi) is 12.2. The van der Waals surface area contributed by atoms with E-state index < -0.39 is 28.9 Å². The molecule has 0 saturated heterocycles. The minimum Gasteiger partial charge on any atom is -0.481 e. The van der Waals surface area contributed by atoms with E-state index in [0.29, 0.717) is 36.4 Å². The Labute approximate surface area is 348 Å². The fourth-order valence-electron chi connectivity index (χ4n) is 13.8. The van der Waals surface area contributed by atoms with Gasteiger partial charge >= 0.3 is 11.9 Å². The van der Waals surface area contributed by atoms with Crippen molar-refractivity contribution in [3.63, 3.8) is 0 Å². The summed E-state index contributed by atoms with van der Waals surface area (Å²) in [6.07, 6.45) is 7.13. The fourth-order valence-corrected chi connectivity index (χ4v) is 13.9. The molecule has 318 valence electrons. The summed E-state index contributed by atoms with van der Waals surface area (Å²) < 4.78 is 6.20. The number of carbonyl (C=O) groups is 3. The minimum atomic E-state index is -1.17. The van der Waals surface area contributed by atoms with Crippen LogP contribution in [-0.4, -0.2) is 83.7 Å². The normalized spacial score (nSPS) is 35.5. The molecule has 0 aliphatic heterocycles. The maximum Gasteiger partial charge on any atom is 0.309 e. The molecule has 6 rings (SSSR count). The lowest BCUT2D eigenvalue weighted by Crippen LogP contribution is -2.66. The molecule has 5 aliphatic carbocycles. The monoisotopic (exact) mass is 809 g/mol. The molecule has 2 N–H and O–H groups in total. The number of likely N-dealkylation sites (N-methyl/N-ethyl adjacent to an activating group) is 1. The van der Waals surface area contributed by atoms with Gasteiger partial charge in [0, 0.05) is 48.5 Å². The molecule has 1 unspecified atom stereocenters. The zero-order valence-corrected chi connectivity index (χ0v) is 37.7. The van der Waals surface area contributed by atoms with Crippen molar-refractivity contribution >= 4 is 29.3 Å². The van der Waals surface area contributed by atoms with Gasteiger partial charge in [-0.15, -0.1) is 0 Å². The topological polar surface area (TPSA) is 107 Å². The van der Waals surface area contributed by atoms with Gasteiger partial charge in [0.25, 0.3) is 0 Å². The number of rotatable bonds is 13. The summed E-state index contributed by atoms with van der Waals surface area (Å²) in [7, 11) is 4.17. The number of Topliss-reactive ketones (excluding diaryl/α,β-unsaturated/α-hetero) is 1. The molecule has 4 saturated carbocycles. The first-order valence-electron chi connectivity index (χ1n) is 21.9. The summed E-state index contributed by atoms with van der Waals surface area (Å²) in [6, 6.07) is 8.00. The predicted molar refractivity (Wildman–Crippen MR) is 227 cm³/mol. The molecular weight excluding hydrogens is 736 g/mol. The first-order chi connectivity index (χ1) is 26.4. The molecule has 4 fully saturated rings. The highest BCUT2D eigenvalue weighted by atomic mass is 35.5. The molecule has 9 atom stereocenters. The maximum absolute atomic E-state index is 14.3. The van der Waals surface area contributed by atoms with Gasteiger partial charge in [-0.25, -0.2) is 0 Å². The molecule has 5 aliphatic rings. The Bertz CT molecular complexity index is 1740. The number of aliphatic carboxylic acids is 1. The molecular formula is C48H73ClN2O6. The number of hydrogen-bond acceptors (Lipinski definition) is 7. The van der Waals surface area contributed by atoms with Crippen LogP contribution in [0.4, 0.5) is 0 Å². The summed E-state index contributed by atoms with van der Waals surface area (Å²) in [5.41, 5.74) is 1.54. The van der Waals surface area contributed by atoms with Crippen molar-refractivity contribution in [3.8, 4) is 0 Å². The predicted octanol–water partition coefficient (Wildman–Crippen LogP) is 9.46. The van der Waals surface area contributed by atoms with E-state index >= 15 is 0 Å². The number of allylic oxidation sites excluding steroid dienone is 1. The number of halogens is 1. The molecule has 0 heterocycles. The van der Waals surface area contributed by atoms with Crippen molar-refractivity contribution in [1.29, 1.82) is 0 Å². The van der Waals surface area contributed by atoms with E-state index in [1.807, 2.05) is 12.1 Å². The van der Waals surface area contributed by atoms with Crippen molar-refractivity contribution in [2.24, 2.45) is 56.2 Å². The van der Waals surface area contributed by atoms with Crippen LogP contribution in [0.5, 0.6) is 0 Å². The third kappa shape index (κ3) is 7.58. The lowest BCUT2D eigenvalue weighted by atomic mass is 9.33. The Morgan fingerprint density at radius 3 is 2.19 bits per heavy atom. The first-order valence-corrected chi connectivity index (χ1v) is 22.3. The highest BCUT2D eigenvalue weighted by Gasteiger charge is 2.71. The van der Waals surface area contributed by atoms with Crippen LogP contribution in [-0.2, 0) is 25.7 Å². The van der Waals surface area contributed by atoms with Gasteiger partial charge in [-0.2, -0.15) is 0 Å². The lowest BCUT2D eigenvalue weighted by Gasteiger charge is -2.72. The Morgan fingerprint density at radius 1 is 0.912 bits per heavy atom. The largest absolute Gasteiger partial charge is 0.481 e. The first kappa shape index (κ1) is 44.3.